The molecule has 0 aliphatic rings. The number of carbonyl (C=O) groups excluding carboxylic acids is 1. The van der Waals surface area contributed by atoms with Crippen molar-refractivity contribution in [1.82, 2.24) is 10.6 Å². The third-order valence-electron chi connectivity index (χ3n) is 2.61. The highest BCUT2D eigenvalue weighted by Crippen LogP contribution is 2.04. The first-order valence-electron chi connectivity index (χ1n) is 6.77. The number of carbonyl (C=O) groups is 1. The Morgan fingerprint density at radius 3 is 2.53 bits per heavy atom. The summed E-state index contributed by atoms with van der Waals surface area (Å²) in [5.74, 6) is 0.176. The molecule has 4 heteroatoms. The van der Waals surface area contributed by atoms with Crippen molar-refractivity contribution in [3.05, 3.63) is 0 Å². The number of rotatable bonds is 12. The largest absolute Gasteiger partial charge is 0.383 e. The van der Waals surface area contributed by atoms with E-state index in [4.69, 9.17) is 4.74 Å². The van der Waals surface area contributed by atoms with E-state index in [0.29, 0.717) is 19.6 Å². The summed E-state index contributed by atoms with van der Waals surface area (Å²) < 4.78 is 4.90. The zero-order valence-corrected chi connectivity index (χ0v) is 11.4. The minimum Gasteiger partial charge on any atom is -0.383 e. The van der Waals surface area contributed by atoms with E-state index < -0.39 is 0 Å². The normalized spacial score (nSPS) is 10.5. The molecule has 0 aromatic rings. The Morgan fingerprint density at radius 2 is 1.82 bits per heavy atom. The molecule has 0 aliphatic carbocycles. The fraction of sp³-hybridized carbons (Fsp3) is 0.923. The van der Waals surface area contributed by atoms with Crippen molar-refractivity contribution < 1.29 is 9.53 Å². The first-order valence-corrected chi connectivity index (χ1v) is 6.77. The van der Waals surface area contributed by atoms with Crippen LogP contribution in [0.4, 0.5) is 0 Å². The number of ether oxygens (including phenoxy) is 1. The summed E-state index contributed by atoms with van der Waals surface area (Å²) in [5.41, 5.74) is 0. The van der Waals surface area contributed by atoms with Gasteiger partial charge in [-0.15, -0.1) is 0 Å². The van der Waals surface area contributed by atoms with Crippen molar-refractivity contribution in [3.8, 4) is 0 Å². The smallest absolute Gasteiger partial charge is 0.220 e. The quantitative estimate of drug-likeness (QED) is 0.514. The SMILES string of the molecule is CCCCCCCC(=O)NCCNCCOC. The highest BCUT2D eigenvalue weighted by Gasteiger charge is 1.99. The molecule has 0 unspecified atom stereocenters. The number of hydrogen-bond acceptors (Lipinski definition) is 3. The molecular formula is C13H28N2O2. The zero-order chi connectivity index (χ0) is 12.8. The molecule has 0 atom stereocenters. The van der Waals surface area contributed by atoms with Gasteiger partial charge in [-0.25, -0.2) is 0 Å². The van der Waals surface area contributed by atoms with E-state index in [1.807, 2.05) is 0 Å². The average Bonchev–Trinajstić information content (AvgIpc) is 2.33. The monoisotopic (exact) mass is 244 g/mol. The second-order valence-corrected chi connectivity index (χ2v) is 4.26. The lowest BCUT2D eigenvalue weighted by molar-refractivity contribution is -0.121. The minimum absolute atomic E-state index is 0.176. The molecule has 0 heterocycles. The third kappa shape index (κ3) is 13.3. The van der Waals surface area contributed by atoms with Crippen LogP contribution in [0.2, 0.25) is 0 Å². The summed E-state index contributed by atoms with van der Waals surface area (Å²) in [6.45, 7) is 5.26. The van der Waals surface area contributed by atoms with Gasteiger partial charge >= 0.3 is 0 Å². The van der Waals surface area contributed by atoms with Crippen LogP contribution in [0.15, 0.2) is 0 Å². The van der Waals surface area contributed by atoms with Gasteiger partial charge in [0, 0.05) is 33.2 Å². The van der Waals surface area contributed by atoms with Crippen molar-refractivity contribution in [2.24, 2.45) is 0 Å². The van der Waals surface area contributed by atoms with Crippen LogP contribution < -0.4 is 10.6 Å². The highest BCUT2D eigenvalue weighted by molar-refractivity contribution is 5.75. The summed E-state index contributed by atoms with van der Waals surface area (Å²) in [6.07, 6.45) is 6.64. The molecule has 0 rings (SSSR count). The molecule has 4 nitrogen and oxygen atoms in total. The van der Waals surface area contributed by atoms with Crippen LogP contribution in [-0.2, 0) is 9.53 Å². The molecule has 1 amide bonds. The van der Waals surface area contributed by atoms with Gasteiger partial charge in [-0.05, 0) is 6.42 Å². The first kappa shape index (κ1) is 16.4. The van der Waals surface area contributed by atoms with E-state index in [-0.39, 0.29) is 5.91 Å². The van der Waals surface area contributed by atoms with Crippen LogP contribution in [0.25, 0.3) is 0 Å². The van der Waals surface area contributed by atoms with Crippen LogP contribution >= 0.6 is 0 Å². The Hall–Kier alpha value is -0.610. The number of methoxy groups -OCH3 is 1. The summed E-state index contributed by atoms with van der Waals surface area (Å²) in [5, 5.41) is 6.09. The Kier molecular flexibility index (Phi) is 13.0. The van der Waals surface area contributed by atoms with Crippen LogP contribution in [0.5, 0.6) is 0 Å². The van der Waals surface area contributed by atoms with Crippen molar-refractivity contribution in [2.45, 2.75) is 45.4 Å². The minimum atomic E-state index is 0.176. The molecule has 0 spiro atoms. The van der Waals surface area contributed by atoms with Crippen molar-refractivity contribution >= 4 is 5.91 Å². The zero-order valence-electron chi connectivity index (χ0n) is 11.4. The first-order chi connectivity index (χ1) is 8.31. The number of hydrogen-bond donors (Lipinski definition) is 2. The molecule has 17 heavy (non-hydrogen) atoms. The fourth-order valence-corrected chi connectivity index (χ4v) is 1.57. The maximum Gasteiger partial charge on any atom is 0.220 e. The van der Waals surface area contributed by atoms with E-state index in [1.54, 1.807) is 7.11 Å². The molecule has 0 aromatic heterocycles. The second kappa shape index (κ2) is 13.5. The second-order valence-electron chi connectivity index (χ2n) is 4.26. The molecule has 0 aromatic carbocycles. The van der Waals surface area contributed by atoms with Crippen molar-refractivity contribution in [2.75, 3.05) is 33.4 Å². The Balaban J connectivity index is 3.12. The lowest BCUT2D eigenvalue weighted by Gasteiger charge is -2.06. The van der Waals surface area contributed by atoms with E-state index >= 15 is 0 Å². The molecule has 2 N–H and O–H groups in total. The van der Waals surface area contributed by atoms with Gasteiger partial charge in [0.1, 0.15) is 0 Å². The lowest BCUT2D eigenvalue weighted by Crippen LogP contribution is -2.32. The van der Waals surface area contributed by atoms with Gasteiger partial charge in [0.2, 0.25) is 5.91 Å². The lowest BCUT2D eigenvalue weighted by atomic mass is 10.1. The van der Waals surface area contributed by atoms with Crippen molar-refractivity contribution in [1.29, 1.82) is 0 Å². The summed E-state index contributed by atoms with van der Waals surface area (Å²) >= 11 is 0. The standard InChI is InChI=1S/C13H28N2O2/c1-3-4-5-6-7-8-13(16)15-10-9-14-11-12-17-2/h14H,3-12H2,1-2H3,(H,15,16). The van der Waals surface area contributed by atoms with Gasteiger partial charge in [0.15, 0.2) is 0 Å². The van der Waals surface area contributed by atoms with E-state index in [0.717, 1.165) is 19.5 Å². The summed E-state index contributed by atoms with van der Waals surface area (Å²) in [4.78, 5) is 11.4. The van der Waals surface area contributed by atoms with Crippen LogP contribution in [0.3, 0.4) is 0 Å². The van der Waals surface area contributed by atoms with Crippen LogP contribution in [0, 0.1) is 0 Å². The Morgan fingerprint density at radius 1 is 1.06 bits per heavy atom. The molecule has 0 aliphatic heterocycles. The molecule has 0 radical (unpaired) electrons. The summed E-state index contributed by atoms with van der Waals surface area (Å²) in [6, 6.07) is 0. The van der Waals surface area contributed by atoms with Gasteiger partial charge in [-0.3, -0.25) is 4.79 Å². The number of nitrogens with one attached hydrogen (secondary N) is 2. The Labute approximate surface area is 105 Å². The molecule has 0 saturated carbocycles. The van der Waals surface area contributed by atoms with Gasteiger partial charge in [0.25, 0.3) is 0 Å². The van der Waals surface area contributed by atoms with Gasteiger partial charge in [0.05, 0.1) is 6.61 Å². The molecule has 102 valence electrons. The van der Waals surface area contributed by atoms with Crippen LogP contribution in [-0.4, -0.2) is 39.3 Å². The maximum atomic E-state index is 11.4. The molecule has 0 fully saturated rings. The van der Waals surface area contributed by atoms with Gasteiger partial charge in [-0.2, -0.15) is 0 Å². The van der Waals surface area contributed by atoms with Gasteiger partial charge in [-0.1, -0.05) is 32.6 Å². The molecule has 0 bridgehead atoms. The van der Waals surface area contributed by atoms with E-state index in [2.05, 4.69) is 17.6 Å². The number of unbranched alkanes of at least 4 members (excludes halogenated alkanes) is 4. The predicted molar refractivity (Wildman–Crippen MR) is 71.1 cm³/mol. The van der Waals surface area contributed by atoms with Crippen molar-refractivity contribution in [3.63, 3.8) is 0 Å². The Bertz CT molecular complexity index is 175. The fourth-order valence-electron chi connectivity index (χ4n) is 1.57. The number of amides is 1. The van der Waals surface area contributed by atoms with Gasteiger partial charge < -0.3 is 15.4 Å². The third-order valence-corrected chi connectivity index (χ3v) is 2.61. The topological polar surface area (TPSA) is 50.4 Å². The van der Waals surface area contributed by atoms with E-state index in [1.165, 1.54) is 25.7 Å². The molecular weight excluding hydrogens is 216 g/mol. The maximum absolute atomic E-state index is 11.4. The van der Waals surface area contributed by atoms with Crippen LogP contribution in [0.1, 0.15) is 45.4 Å². The summed E-state index contributed by atoms with van der Waals surface area (Å²) in [7, 11) is 1.68. The average molecular weight is 244 g/mol. The predicted octanol–water partition coefficient (Wildman–Crippen LogP) is 1.70. The highest BCUT2D eigenvalue weighted by atomic mass is 16.5. The molecule has 0 saturated heterocycles. The van der Waals surface area contributed by atoms with E-state index in [9.17, 15) is 4.79 Å².